The van der Waals surface area contributed by atoms with Gasteiger partial charge in [-0.15, -0.1) is 11.3 Å². The summed E-state index contributed by atoms with van der Waals surface area (Å²) in [7, 11) is 0. The molecule has 1 unspecified atom stereocenters. The highest BCUT2D eigenvalue weighted by atomic mass is 32.2. The Morgan fingerprint density at radius 3 is 2.94 bits per heavy atom. The summed E-state index contributed by atoms with van der Waals surface area (Å²) in [6, 6.07) is 0. The molecule has 0 aromatic carbocycles. The van der Waals surface area contributed by atoms with Gasteiger partial charge >= 0.3 is 11.9 Å². The van der Waals surface area contributed by atoms with E-state index in [2.05, 4.69) is 4.98 Å². The molecule has 1 aliphatic rings. The second-order valence-corrected chi connectivity index (χ2v) is 5.71. The SMILES string of the molecule is Cc1nc(SC2CCOC2=O)sc1C(=O)O. The number of hydrogen-bond donors (Lipinski definition) is 1. The number of aromatic nitrogens is 1. The van der Waals surface area contributed by atoms with Gasteiger partial charge in [0.2, 0.25) is 0 Å². The van der Waals surface area contributed by atoms with Gasteiger partial charge in [-0.1, -0.05) is 11.8 Å². The Morgan fingerprint density at radius 2 is 2.44 bits per heavy atom. The molecule has 1 aliphatic heterocycles. The molecule has 16 heavy (non-hydrogen) atoms. The third kappa shape index (κ3) is 2.19. The molecule has 2 heterocycles. The number of carboxylic acids is 1. The van der Waals surface area contributed by atoms with Crippen molar-refractivity contribution in [1.29, 1.82) is 0 Å². The zero-order chi connectivity index (χ0) is 11.7. The predicted octanol–water partition coefficient (Wildman–Crippen LogP) is 1.56. The maximum absolute atomic E-state index is 11.2. The number of nitrogens with zero attached hydrogens (tertiary/aromatic N) is 1. The summed E-state index contributed by atoms with van der Waals surface area (Å²) in [6.07, 6.45) is 0.657. The number of thiazole rings is 1. The number of carbonyl (C=O) groups excluding carboxylic acids is 1. The van der Waals surface area contributed by atoms with Crippen LogP contribution in [0, 0.1) is 6.92 Å². The first kappa shape index (κ1) is 11.4. The Morgan fingerprint density at radius 1 is 1.69 bits per heavy atom. The van der Waals surface area contributed by atoms with Crippen molar-refractivity contribution in [2.45, 2.75) is 22.9 Å². The first-order chi connectivity index (χ1) is 7.58. The smallest absolute Gasteiger partial charge is 0.347 e. The van der Waals surface area contributed by atoms with Crippen LogP contribution in [0.15, 0.2) is 4.34 Å². The standard InChI is InChI=1S/C9H9NO4S2/c1-4-6(7(11)12)16-9(10-4)15-5-2-3-14-8(5)13/h5H,2-3H2,1H3,(H,11,12). The minimum absolute atomic E-state index is 0.230. The van der Waals surface area contributed by atoms with Crippen LogP contribution in [0.5, 0.6) is 0 Å². The lowest BCUT2D eigenvalue weighted by Gasteiger charge is -2.00. The van der Waals surface area contributed by atoms with Crippen molar-refractivity contribution in [2.75, 3.05) is 6.61 Å². The van der Waals surface area contributed by atoms with E-state index in [1.165, 1.54) is 11.8 Å². The fraction of sp³-hybridized carbons (Fsp3) is 0.444. The highest BCUT2D eigenvalue weighted by Crippen LogP contribution is 2.33. The molecule has 2 rings (SSSR count). The van der Waals surface area contributed by atoms with E-state index in [9.17, 15) is 9.59 Å². The molecule has 1 saturated heterocycles. The maximum Gasteiger partial charge on any atom is 0.347 e. The van der Waals surface area contributed by atoms with Crippen LogP contribution in [0.25, 0.3) is 0 Å². The van der Waals surface area contributed by atoms with Crippen LogP contribution >= 0.6 is 23.1 Å². The lowest BCUT2D eigenvalue weighted by atomic mass is 10.4. The Labute approximate surface area is 99.8 Å². The van der Waals surface area contributed by atoms with Crippen molar-refractivity contribution in [3.05, 3.63) is 10.6 Å². The van der Waals surface area contributed by atoms with E-state index >= 15 is 0 Å². The van der Waals surface area contributed by atoms with Gasteiger partial charge in [0.05, 0.1) is 12.3 Å². The second-order valence-electron chi connectivity index (χ2n) is 3.26. The van der Waals surface area contributed by atoms with Gasteiger partial charge in [0.1, 0.15) is 10.1 Å². The average Bonchev–Trinajstić information content (AvgIpc) is 2.75. The number of cyclic esters (lactones) is 1. The molecular weight excluding hydrogens is 250 g/mol. The Kier molecular flexibility index (Phi) is 3.15. The van der Waals surface area contributed by atoms with Gasteiger partial charge in [-0.05, 0) is 6.92 Å². The van der Waals surface area contributed by atoms with E-state index in [1.54, 1.807) is 6.92 Å². The molecule has 0 aliphatic carbocycles. The van der Waals surface area contributed by atoms with Crippen molar-refractivity contribution in [2.24, 2.45) is 0 Å². The number of esters is 1. The van der Waals surface area contributed by atoms with Crippen LogP contribution in [-0.4, -0.2) is 33.9 Å². The molecule has 1 aromatic heterocycles. The summed E-state index contributed by atoms with van der Waals surface area (Å²) in [5.74, 6) is -1.22. The number of thioether (sulfide) groups is 1. The molecule has 0 bridgehead atoms. The average molecular weight is 259 g/mol. The fourth-order valence-corrected chi connectivity index (χ4v) is 3.57. The Hall–Kier alpha value is -1.08. The molecule has 0 saturated carbocycles. The summed E-state index contributed by atoms with van der Waals surface area (Å²) >= 11 is 2.38. The lowest BCUT2D eigenvalue weighted by Crippen LogP contribution is -2.08. The molecule has 86 valence electrons. The van der Waals surface area contributed by atoms with Crippen molar-refractivity contribution in [3.63, 3.8) is 0 Å². The number of carbonyl (C=O) groups is 2. The van der Waals surface area contributed by atoms with E-state index in [0.717, 1.165) is 11.3 Å². The van der Waals surface area contributed by atoms with E-state index in [0.29, 0.717) is 23.1 Å². The zero-order valence-electron chi connectivity index (χ0n) is 8.43. The number of hydrogen-bond acceptors (Lipinski definition) is 6. The highest BCUT2D eigenvalue weighted by molar-refractivity contribution is 8.02. The zero-order valence-corrected chi connectivity index (χ0v) is 10.1. The first-order valence-corrected chi connectivity index (χ1v) is 6.31. The number of rotatable bonds is 3. The van der Waals surface area contributed by atoms with E-state index in [1.807, 2.05) is 0 Å². The molecule has 1 aromatic rings. The van der Waals surface area contributed by atoms with Gasteiger partial charge < -0.3 is 9.84 Å². The lowest BCUT2D eigenvalue weighted by molar-refractivity contribution is -0.137. The van der Waals surface area contributed by atoms with Crippen molar-refractivity contribution in [1.82, 2.24) is 4.98 Å². The molecular formula is C9H9NO4S2. The Bertz CT molecular complexity index is 443. The number of carboxylic acid groups (broad SMARTS) is 1. The molecule has 5 nitrogen and oxygen atoms in total. The Balaban J connectivity index is 2.13. The van der Waals surface area contributed by atoms with Crippen LogP contribution in [0.4, 0.5) is 0 Å². The largest absolute Gasteiger partial charge is 0.477 e. The predicted molar refractivity (Wildman–Crippen MR) is 59.0 cm³/mol. The summed E-state index contributed by atoms with van der Waals surface area (Å²) in [4.78, 5) is 26.4. The maximum atomic E-state index is 11.2. The monoisotopic (exact) mass is 259 g/mol. The summed E-state index contributed by atoms with van der Waals surface area (Å²) in [5, 5.41) is 8.62. The molecule has 7 heteroatoms. The molecule has 1 fully saturated rings. The topological polar surface area (TPSA) is 76.5 Å². The van der Waals surface area contributed by atoms with Gasteiger partial charge in [0, 0.05) is 6.42 Å². The van der Waals surface area contributed by atoms with E-state index in [4.69, 9.17) is 9.84 Å². The minimum atomic E-state index is -0.976. The van der Waals surface area contributed by atoms with Crippen molar-refractivity contribution < 1.29 is 19.4 Å². The summed E-state index contributed by atoms with van der Waals surface area (Å²) in [5.41, 5.74) is 0.492. The van der Waals surface area contributed by atoms with Crippen molar-refractivity contribution >= 4 is 35.0 Å². The second kappa shape index (κ2) is 4.42. The fourth-order valence-electron chi connectivity index (χ4n) is 1.33. The molecule has 0 spiro atoms. The van der Waals surface area contributed by atoms with Crippen LogP contribution < -0.4 is 0 Å². The van der Waals surface area contributed by atoms with Crippen LogP contribution in [-0.2, 0) is 9.53 Å². The van der Waals surface area contributed by atoms with E-state index in [-0.39, 0.29) is 16.1 Å². The molecule has 0 radical (unpaired) electrons. The van der Waals surface area contributed by atoms with Gasteiger partial charge in [-0.2, -0.15) is 0 Å². The summed E-state index contributed by atoms with van der Waals surface area (Å²) in [6.45, 7) is 2.09. The first-order valence-electron chi connectivity index (χ1n) is 4.62. The summed E-state index contributed by atoms with van der Waals surface area (Å²) < 4.78 is 5.43. The van der Waals surface area contributed by atoms with Gasteiger partial charge in [0.25, 0.3) is 0 Å². The number of aryl methyl sites for hydroxylation is 1. The third-order valence-corrected chi connectivity index (χ3v) is 4.59. The van der Waals surface area contributed by atoms with Gasteiger partial charge in [0.15, 0.2) is 4.34 Å². The normalized spacial score (nSPS) is 19.8. The van der Waals surface area contributed by atoms with Crippen LogP contribution in [0.3, 0.4) is 0 Å². The number of aromatic carboxylic acids is 1. The molecule has 1 atom stereocenters. The number of ether oxygens (including phenoxy) is 1. The van der Waals surface area contributed by atoms with Gasteiger partial charge in [-0.25, -0.2) is 9.78 Å². The van der Waals surface area contributed by atoms with Gasteiger partial charge in [-0.3, -0.25) is 4.79 Å². The molecule has 1 N–H and O–H groups in total. The highest BCUT2D eigenvalue weighted by Gasteiger charge is 2.29. The third-order valence-electron chi connectivity index (χ3n) is 2.10. The molecule has 0 amide bonds. The van der Waals surface area contributed by atoms with Crippen LogP contribution in [0.2, 0.25) is 0 Å². The van der Waals surface area contributed by atoms with Crippen molar-refractivity contribution in [3.8, 4) is 0 Å². The minimum Gasteiger partial charge on any atom is -0.477 e. The van der Waals surface area contributed by atoms with E-state index < -0.39 is 5.97 Å². The quantitative estimate of drug-likeness (QED) is 0.830. The van der Waals surface area contributed by atoms with Crippen LogP contribution in [0.1, 0.15) is 21.8 Å².